The molecule has 1 aliphatic heterocycles. The fourth-order valence-electron chi connectivity index (χ4n) is 3.56. The van der Waals surface area contributed by atoms with Gasteiger partial charge in [0.15, 0.2) is 5.69 Å². The average Bonchev–Trinajstić information content (AvgIpc) is 2.89. The zero-order valence-corrected chi connectivity index (χ0v) is 20.4. The lowest BCUT2D eigenvalue weighted by molar-refractivity contribution is -0.401. The van der Waals surface area contributed by atoms with Crippen molar-refractivity contribution in [2.45, 2.75) is 12.5 Å². The van der Waals surface area contributed by atoms with Gasteiger partial charge in [0.1, 0.15) is 0 Å². The second kappa shape index (κ2) is 14.8. The van der Waals surface area contributed by atoms with Crippen LogP contribution in [-0.2, 0) is 30.1 Å². The highest BCUT2D eigenvalue weighted by Gasteiger charge is 2.30. The summed E-state index contributed by atoms with van der Waals surface area (Å²) in [7, 11) is 0. The summed E-state index contributed by atoms with van der Waals surface area (Å²) in [6, 6.07) is 8.02. The van der Waals surface area contributed by atoms with Crippen LogP contribution in [0.4, 0.5) is 28.4 Å². The molecule has 1 N–H and O–H groups in total. The van der Waals surface area contributed by atoms with Crippen LogP contribution in [0, 0.1) is 30.3 Å². The van der Waals surface area contributed by atoms with Crippen LogP contribution in [0.15, 0.2) is 36.4 Å². The van der Waals surface area contributed by atoms with Crippen LogP contribution < -0.4 is 5.32 Å². The number of rotatable bonds is 7. The molecule has 0 aliphatic carbocycles. The summed E-state index contributed by atoms with van der Waals surface area (Å²) in [5, 5.41) is 36.7. The minimum absolute atomic E-state index is 0.282. The lowest BCUT2D eigenvalue weighted by Gasteiger charge is -2.19. The number of benzene rings is 2. The largest absolute Gasteiger partial charge is 0.377 e. The van der Waals surface area contributed by atoms with Crippen LogP contribution in [0.25, 0.3) is 0 Å². The molecule has 1 fully saturated rings. The fourth-order valence-corrected chi connectivity index (χ4v) is 3.56. The van der Waals surface area contributed by atoms with Gasteiger partial charge in [0.2, 0.25) is 0 Å². The smallest absolute Gasteiger partial charge is 0.306 e. The van der Waals surface area contributed by atoms with Gasteiger partial charge in [-0.15, -0.1) is 0 Å². The van der Waals surface area contributed by atoms with Gasteiger partial charge in [0.05, 0.1) is 92.5 Å². The van der Waals surface area contributed by atoms with Gasteiger partial charge in [-0.05, 0) is 17.7 Å². The van der Waals surface area contributed by atoms with Crippen LogP contribution in [-0.4, -0.2) is 80.3 Å². The highest BCUT2D eigenvalue weighted by Crippen LogP contribution is 2.40. The van der Waals surface area contributed by atoms with Gasteiger partial charge >= 0.3 is 11.4 Å². The number of nitrogens with zero attached hydrogens (tertiary/aromatic N) is 3. The number of hydrogen-bond acceptors (Lipinski definition) is 12. The molecule has 15 nitrogen and oxygen atoms in total. The number of nitro groups is 3. The van der Waals surface area contributed by atoms with Crippen molar-refractivity contribution in [1.82, 2.24) is 0 Å². The molecular formula is C23H28N4O11. The quantitative estimate of drug-likeness (QED) is 0.403. The molecule has 15 heteroatoms. The van der Waals surface area contributed by atoms with Gasteiger partial charge < -0.3 is 29.0 Å². The molecular weight excluding hydrogens is 508 g/mol. The van der Waals surface area contributed by atoms with E-state index in [0.717, 1.165) is 5.56 Å². The summed E-state index contributed by atoms with van der Waals surface area (Å²) >= 11 is 0. The number of hydrogen-bond donors (Lipinski definition) is 1. The van der Waals surface area contributed by atoms with Gasteiger partial charge in [-0.2, -0.15) is 0 Å². The van der Waals surface area contributed by atoms with E-state index in [1.54, 1.807) is 24.3 Å². The Morgan fingerprint density at radius 2 is 1.21 bits per heavy atom. The summed E-state index contributed by atoms with van der Waals surface area (Å²) in [5.41, 5.74) is -1.59. The molecule has 206 valence electrons. The normalized spacial score (nSPS) is 18.1. The first-order valence-electron chi connectivity index (χ1n) is 11.7. The minimum Gasteiger partial charge on any atom is -0.377 e. The van der Waals surface area contributed by atoms with E-state index in [9.17, 15) is 30.3 Å². The van der Waals surface area contributed by atoms with Gasteiger partial charge in [-0.1, -0.05) is 12.1 Å². The first-order valence-corrected chi connectivity index (χ1v) is 11.7. The maximum Gasteiger partial charge on any atom is 0.306 e. The topological polar surface area (TPSA) is 188 Å². The van der Waals surface area contributed by atoms with E-state index < -0.39 is 37.5 Å². The molecule has 2 aromatic rings. The Hall–Kier alpha value is -3.76. The summed E-state index contributed by atoms with van der Waals surface area (Å²) < 4.78 is 27.9. The van der Waals surface area contributed by atoms with Crippen molar-refractivity contribution in [2.75, 3.05) is 64.8 Å². The Labute approximate surface area is 217 Å². The predicted octanol–water partition coefficient (Wildman–Crippen LogP) is 3.16. The number of nitro benzene ring substituents is 3. The monoisotopic (exact) mass is 536 g/mol. The molecule has 1 saturated heterocycles. The molecule has 3 rings (SSSR count). The van der Waals surface area contributed by atoms with E-state index >= 15 is 0 Å². The third kappa shape index (κ3) is 8.97. The van der Waals surface area contributed by atoms with Crippen molar-refractivity contribution >= 4 is 28.4 Å². The van der Waals surface area contributed by atoms with E-state index in [1.165, 1.54) is 0 Å². The zero-order valence-electron chi connectivity index (χ0n) is 20.4. The van der Waals surface area contributed by atoms with Gasteiger partial charge in [-0.25, -0.2) is 0 Å². The van der Waals surface area contributed by atoms with Crippen molar-refractivity contribution in [3.8, 4) is 0 Å². The fraction of sp³-hybridized carbons (Fsp3) is 0.478. The van der Waals surface area contributed by atoms with Gasteiger partial charge in [0, 0.05) is 12.1 Å². The summed E-state index contributed by atoms with van der Waals surface area (Å²) in [6.45, 7) is 3.76. The molecule has 0 spiro atoms. The Balaban J connectivity index is 1.70. The van der Waals surface area contributed by atoms with Gasteiger partial charge in [0.25, 0.3) is 5.69 Å². The van der Waals surface area contributed by atoms with Crippen LogP contribution in [0.2, 0.25) is 0 Å². The molecule has 38 heavy (non-hydrogen) atoms. The standard InChI is InChI=1S/C23H28N4O11/c28-25(29)19-14-21(26(30)31)23(22(15-19)27(32)33)24-18-3-1-17(2-4-18)13-20-16-37-10-9-35-6-5-34-7-8-36-11-12-38-20/h1-4,14-15,20,24H,5-13,16H2. The molecule has 2 aromatic carbocycles. The maximum atomic E-state index is 11.5. The van der Waals surface area contributed by atoms with Crippen molar-refractivity contribution in [1.29, 1.82) is 0 Å². The van der Waals surface area contributed by atoms with Crippen LogP contribution >= 0.6 is 0 Å². The third-order valence-electron chi connectivity index (χ3n) is 5.37. The Kier molecular flexibility index (Phi) is 11.3. The average molecular weight is 536 g/mol. The van der Waals surface area contributed by atoms with E-state index in [-0.39, 0.29) is 6.10 Å². The van der Waals surface area contributed by atoms with Crippen LogP contribution in [0.3, 0.4) is 0 Å². The number of anilines is 2. The number of non-ortho nitro benzene ring substituents is 1. The third-order valence-corrected chi connectivity index (χ3v) is 5.37. The van der Waals surface area contributed by atoms with E-state index in [0.29, 0.717) is 83.7 Å². The molecule has 0 saturated carbocycles. The van der Waals surface area contributed by atoms with Crippen molar-refractivity contribution in [3.05, 3.63) is 72.3 Å². The second-order valence-corrected chi connectivity index (χ2v) is 8.06. The molecule has 1 aliphatic rings. The van der Waals surface area contributed by atoms with Crippen LogP contribution in [0.1, 0.15) is 5.56 Å². The van der Waals surface area contributed by atoms with Crippen molar-refractivity contribution < 1.29 is 38.5 Å². The lowest BCUT2D eigenvalue weighted by Crippen LogP contribution is -2.25. The summed E-state index contributed by atoms with van der Waals surface area (Å²) in [5.74, 6) is 0. The Morgan fingerprint density at radius 3 is 1.71 bits per heavy atom. The highest BCUT2D eigenvalue weighted by molar-refractivity contribution is 5.81. The number of nitrogens with one attached hydrogen (secondary N) is 1. The molecule has 1 unspecified atom stereocenters. The van der Waals surface area contributed by atoms with Crippen molar-refractivity contribution in [3.63, 3.8) is 0 Å². The molecule has 0 amide bonds. The van der Waals surface area contributed by atoms with Crippen LogP contribution in [0.5, 0.6) is 0 Å². The Bertz CT molecular complexity index is 1050. The molecule has 1 atom stereocenters. The summed E-state index contributed by atoms with van der Waals surface area (Å²) in [4.78, 5) is 31.3. The lowest BCUT2D eigenvalue weighted by atomic mass is 10.1. The van der Waals surface area contributed by atoms with E-state index in [1.807, 2.05) is 0 Å². The minimum atomic E-state index is -0.926. The highest BCUT2D eigenvalue weighted by atomic mass is 16.6. The first-order chi connectivity index (χ1) is 18.3. The van der Waals surface area contributed by atoms with Crippen molar-refractivity contribution in [2.24, 2.45) is 0 Å². The zero-order chi connectivity index (χ0) is 27.3. The molecule has 0 bridgehead atoms. The number of ether oxygens (including phenoxy) is 5. The van der Waals surface area contributed by atoms with E-state index in [2.05, 4.69) is 5.32 Å². The summed E-state index contributed by atoms with van der Waals surface area (Å²) in [6.07, 6.45) is 0.206. The second-order valence-electron chi connectivity index (χ2n) is 8.06. The van der Waals surface area contributed by atoms with Gasteiger partial charge in [-0.3, -0.25) is 30.3 Å². The Morgan fingerprint density at radius 1 is 0.711 bits per heavy atom. The maximum absolute atomic E-state index is 11.5. The van der Waals surface area contributed by atoms with E-state index in [4.69, 9.17) is 23.7 Å². The predicted molar refractivity (Wildman–Crippen MR) is 133 cm³/mol. The first kappa shape index (κ1) is 28.8. The molecule has 0 aromatic heterocycles. The SMILES string of the molecule is O=[N+]([O-])c1cc([N+](=O)[O-])c(Nc2ccc(CC3COCCOCCOCCOCCO3)cc2)c([N+](=O)[O-])c1. The molecule has 0 radical (unpaired) electrons. The molecule has 1 heterocycles.